The second kappa shape index (κ2) is 6.38. The van der Waals surface area contributed by atoms with Crippen molar-refractivity contribution in [3.05, 3.63) is 23.1 Å². The van der Waals surface area contributed by atoms with Gasteiger partial charge in [0.05, 0.1) is 13.2 Å². The maximum atomic E-state index is 12.5. The van der Waals surface area contributed by atoms with E-state index in [-0.39, 0.29) is 11.1 Å². The first kappa shape index (κ1) is 14.9. The minimum Gasteiger partial charge on any atom is -0.440 e. The van der Waals surface area contributed by atoms with E-state index < -0.39 is 0 Å². The van der Waals surface area contributed by atoms with Crippen LogP contribution in [0.15, 0.2) is 16.5 Å². The van der Waals surface area contributed by atoms with Crippen molar-refractivity contribution in [1.29, 1.82) is 0 Å². The zero-order valence-corrected chi connectivity index (χ0v) is 13.0. The summed E-state index contributed by atoms with van der Waals surface area (Å²) in [4.78, 5) is 16.8. The van der Waals surface area contributed by atoms with Crippen molar-refractivity contribution in [3.63, 3.8) is 0 Å². The number of carbonyl (C=O) groups is 1. The molecule has 5 nitrogen and oxygen atoms in total. The molecule has 2 aliphatic rings. The maximum absolute atomic E-state index is 12.5. The molecule has 1 aromatic heterocycles. The predicted octanol–water partition coefficient (Wildman–Crippen LogP) is 2.12. The van der Waals surface area contributed by atoms with Gasteiger partial charge in [-0.05, 0) is 29.7 Å². The highest BCUT2D eigenvalue weighted by Gasteiger charge is 2.38. The summed E-state index contributed by atoms with van der Waals surface area (Å²) in [7, 11) is 0. The van der Waals surface area contributed by atoms with Gasteiger partial charge in [0.2, 0.25) is 0 Å². The summed E-state index contributed by atoms with van der Waals surface area (Å²) in [5.74, 6) is 0.783. The van der Waals surface area contributed by atoms with Crippen LogP contribution in [0.1, 0.15) is 23.9 Å². The fourth-order valence-corrected chi connectivity index (χ4v) is 3.48. The number of furan rings is 1. The molecular weight excluding hydrogens is 292 g/mol. The van der Waals surface area contributed by atoms with E-state index in [4.69, 9.17) is 20.8 Å². The Morgan fingerprint density at radius 2 is 2.10 bits per heavy atom. The van der Waals surface area contributed by atoms with E-state index in [1.54, 1.807) is 12.1 Å². The molecule has 6 heteroatoms. The molecule has 0 bridgehead atoms. The Hall–Kier alpha value is -1.04. The van der Waals surface area contributed by atoms with Crippen molar-refractivity contribution in [2.45, 2.75) is 19.4 Å². The molecule has 2 atom stereocenters. The van der Waals surface area contributed by atoms with E-state index >= 15 is 0 Å². The smallest absolute Gasteiger partial charge is 0.289 e. The number of amides is 1. The summed E-state index contributed by atoms with van der Waals surface area (Å²) in [5, 5.41) is 0.259. The predicted molar refractivity (Wildman–Crippen MR) is 79.6 cm³/mol. The summed E-state index contributed by atoms with van der Waals surface area (Å²) in [6.07, 6.45) is 1.07. The lowest BCUT2D eigenvalue weighted by atomic mass is 9.99. The number of hydrogen-bond donors (Lipinski definition) is 0. The highest BCUT2D eigenvalue weighted by molar-refractivity contribution is 6.29. The Morgan fingerprint density at radius 3 is 2.71 bits per heavy atom. The molecule has 3 rings (SSSR count). The number of ether oxygens (including phenoxy) is 1. The van der Waals surface area contributed by atoms with Gasteiger partial charge in [0.1, 0.15) is 0 Å². The Bertz CT molecular complexity index is 499. The van der Waals surface area contributed by atoms with Crippen molar-refractivity contribution in [3.8, 4) is 0 Å². The molecule has 0 aliphatic carbocycles. The third kappa shape index (κ3) is 3.10. The average molecular weight is 313 g/mol. The van der Waals surface area contributed by atoms with Crippen LogP contribution in [0, 0.1) is 5.92 Å². The van der Waals surface area contributed by atoms with E-state index in [1.165, 1.54) is 0 Å². The lowest BCUT2D eigenvalue weighted by Gasteiger charge is -2.34. The molecule has 1 amide bonds. The third-order valence-electron chi connectivity index (χ3n) is 4.52. The van der Waals surface area contributed by atoms with Gasteiger partial charge in [-0.25, -0.2) is 0 Å². The Kier molecular flexibility index (Phi) is 4.52. The van der Waals surface area contributed by atoms with Crippen LogP contribution < -0.4 is 0 Å². The highest BCUT2D eigenvalue weighted by atomic mass is 35.5. The van der Waals surface area contributed by atoms with E-state index in [1.807, 2.05) is 4.90 Å². The largest absolute Gasteiger partial charge is 0.440 e. The van der Waals surface area contributed by atoms with Crippen molar-refractivity contribution in [2.24, 2.45) is 5.92 Å². The van der Waals surface area contributed by atoms with Gasteiger partial charge in [-0.3, -0.25) is 9.69 Å². The number of nitrogens with zero attached hydrogens (tertiary/aromatic N) is 2. The fourth-order valence-electron chi connectivity index (χ4n) is 3.33. The molecule has 0 saturated carbocycles. The first-order valence-corrected chi connectivity index (χ1v) is 7.93. The molecule has 1 aromatic rings. The van der Waals surface area contributed by atoms with Crippen LogP contribution in [-0.4, -0.2) is 61.1 Å². The van der Waals surface area contributed by atoms with Gasteiger partial charge in [-0.1, -0.05) is 13.3 Å². The van der Waals surface area contributed by atoms with E-state index in [9.17, 15) is 4.79 Å². The summed E-state index contributed by atoms with van der Waals surface area (Å²) in [6, 6.07) is 3.68. The second-order valence-electron chi connectivity index (χ2n) is 5.70. The van der Waals surface area contributed by atoms with Crippen molar-refractivity contribution < 1.29 is 13.9 Å². The first-order chi connectivity index (χ1) is 10.2. The Morgan fingerprint density at radius 1 is 1.33 bits per heavy atom. The van der Waals surface area contributed by atoms with Crippen LogP contribution in [0.4, 0.5) is 0 Å². The van der Waals surface area contributed by atoms with Gasteiger partial charge in [-0.2, -0.15) is 0 Å². The standard InChI is InChI=1S/C15H21ClN2O3/c1-2-11-9-18(15(19)13-3-4-14(16)21-13)10-12(11)17-5-7-20-8-6-17/h3-4,11-12H,2,5-10H2,1H3. The van der Waals surface area contributed by atoms with Crippen molar-refractivity contribution in [2.75, 3.05) is 39.4 Å². The average Bonchev–Trinajstić information content (AvgIpc) is 3.13. The van der Waals surface area contributed by atoms with E-state index in [2.05, 4.69) is 11.8 Å². The lowest BCUT2D eigenvalue weighted by Crippen LogP contribution is -2.47. The topological polar surface area (TPSA) is 45.9 Å². The second-order valence-corrected chi connectivity index (χ2v) is 6.07. The molecule has 21 heavy (non-hydrogen) atoms. The first-order valence-electron chi connectivity index (χ1n) is 7.55. The van der Waals surface area contributed by atoms with Gasteiger partial charge in [0.15, 0.2) is 11.0 Å². The number of carbonyl (C=O) groups excluding carboxylic acids is 1. The fraction of sp³-hybridized carbons (Fsp3) is 0.667. The van der Waals surface area contributed by atoms with Crippen LogP contribution >= 0.6 is 11.6 Å². The van der Waals surface area contributed by atoms with E-state index in [0.717, 1.165) is 45.8 Å². The van der Waals surface area contributed by atoms with Crippen LogP contribution in [-0.2, 0) is 4.74 Å². The monoisotopic (exact) mass is 312 g/mol. The molecule has 0 radical (unpaired) electrons. The molecule has 2 aliphatic heterocycles. The van der Waals surface area contributed by atoms with Crippen LogP contribution in [0.2, 0.25) is 5.22 Å². The Balaban J connectivity index is 1.69. The number of morpholine rings is 1. The van der Waals surface area contributed by atoms with Crippen LogP contribution in [0.25, 0.3) is 0 Å². The van der Waals surface area contributed by atoms with Crippen molar-refractivity contribution in [1.82, 2.24) is 9.80 Å². The summed E-state index contributed by atoms with van der Waals surface area (Å²) in [5.41, 5.74) is 0. The molecule has 3 heterocycles. The van der Waals surface area contributed by atoms with Gasteiger partial charge >= 0.3 is 0 Å². The van der Waals surface area contributed by atoms with Crippen LogP contribution in [0.5, 0.6) is 0 Å². The minimum atomic E-state index is -0.0592. The van der Waals surface area contributed by atoms with Crippen LogP contribution in [0.3, 0.4) is 0 Å². The zero-order valence-electron chi connectivity index (χ0n) is 12.3. The number of likely N-dealkylation sites (tertiary alicyclic amines) is 1. The molecule has 0 N–H and O–H groups in total. The summed E-state index contributed by atoms with van der Waals surface area (Å²) in [6.45, 7) is 7.22. The number of hydrogen-bond acceptors (Lipinski definition) is 4. The molecule has 2 unspecified atom stereocenters. The summed E-state index contributed by atoms with van der Waals surface area (Å²) >= 11 is 5.76. The number of halogens is 1. The molecule has 2 fully saturated rings. The normalized spacial score (nSPS) is 27.2. The molecule has 2 saturated heterocycles. The van der Waals surface area contributed by atoms with Gasteiger partial charge in [-0.15, -0.1) is 0 Å². The quantitative estimate of drug-likeness (QED) is 0.857. The number of rotatable bonds is 3. The third-order valence-corrected chi connectivity index (χ3v) is 4.72. The van der Waals surface area contributed by atoms with Crippen molar-refractivity contribution >= 4 is 17.5 Å². The minimum absolute atomic E-state index is 0.0592. The zero-order chi connectivity index (χ0) is 14.8. The Labute approximate surface area is 129 Å². The van der Waals surface area contributed by atoms with Gasteiger partial charge in [0.25, 0.3) is 5.91 Å². The van der Waals surface area contributed by atoms with Gasteiger partial charge < -0.3 is 14.1 Å². The van der Waals surface area contributed by atoms with Gasteiger partial charge in [0, 0.05) is 32.2 Å². The SMILES string of the molecule is CCC1CN(C(=O)c2ccc(Cl)o2)CC1N1CCOCC1. The molecule has 0 aromatic carbocycles. The van der Waals surface area contributed by atoms with E-state index in [0.29, 0.717) is 17.7 Å². The lowest BCUT2D eigenvalue weighted by molar-refractivity contribution is 0.0102. The molecule has 116 valence electrons. The maximum Gasteiger partial charge on any atom is 0.289 e. The highest BCUT2D eigenvalue weighted by Crippen LogP contribution is 2.27. The molecular formula is C15H21ClN2O3. The molecule has 0 spiro atoms. The summed E-state index contributed by atoms with van der Waals surface area (Å²) < 4.78 is 10.7.